The molecule has 0 bridgehead atoms. The number of furan rings is 1. The van der Waals surface area contributed by atoms with E-state index >= 15 is 0 Å². The summed E-state index contributed by atoms with van der Waals surface area (Å²) >= 11 is 13.5. The highest BCUT2D eigenvalue weighted by Crippen LogP contribution is 2.27. The van der Waals surface area contributed by atoms with Gasteiger partial charge in [-0.1, -0.05) is 53.2 Å². The van der Waals surface area contributed by atoms with Crippen molar-refractivity contribution >= 4 is 46.6 Å². The molecule has 0 unspecified atom stereocenters. The smallest absolute Gasteiger partial charge is 0.234 e. The number of halogens is 2. The molecule has 0 fully saturated rings. The number of hydrogen-bond acceptors (Lipinski definition) is 5. The van der Waals surface area contributed by atoms with Gasteiger partial charge in [-0.2, -0.15) is 0 Å². The van der Waals surface area contributed by atoms with Crippen LogP contribution in [0, 0.1) is 6.92 Å². The number of aryl methyl sites for hydroxylation is 1. The lowest BCUT2D eigenvalue weighted by Gasteiger charge is -2.10. The van der Waals surface area contributed by atoms with Crippen molar-refractivity contribution in [2.45, 2.75) is 18.6 Å². The van der Waals surface area contributed by atoms with Gasteiger partial charge in [0.1, 0.15) is 5.76 Å². The van der Waals surface area contributed by atoms with Gasteiger partial charge in [0.25, 0.3) is 0 Å². The molecule has 6 nitrogen and oxygen atoms in total. The summed E-state index contributed by atoms with van der Waals surface area (Å²) in [6.45, 7) is 2.34. The van der Waals surface area contributed by atoms with Gasteiger partial charge < -0.3 is 9.73 Å². The number of nitrogens with one attached hydrogen (secondary N) is 1. The van der Waals surface area contributed by atoms with Crippen LogP contribution in [0.2, 0.25) is 10.0 Å². The van der Waals surface area contributed by atoms with Crippen LogP contribution in [0.25, 0.3) is 11.4 Å². The fourth-order valence-electron chi connectivity index (χ4n) is 2.98. The average molecular weight is 473 g/mol. The zero-order chi connectivity index (χ0) is 21.8. The number of amides is 1. The molecule has 0 radical (unpaired) electrons. The number of carbonyl (C=O) groups is 1. The molecular weight excluding hydrogens is 455 g/mol. The molecule has 9 heteroatoms. The SMILES string of the molecule is Cc1ccc(Cl)cc1NC(=O)CSc1nnc(-c2cccc(Cl)c2)n1Cc1ccco1. The number of nitrogens with zero attached hydrogens (tertiary/aromatic N) is 3. The number of carbonyl (C=O) groups excluding carboxylic acids is 1. The number of thioether (sulfide) groups is 1. The molecule has 0 aliphatic heterocycles. The zero-order valence-electron chi connectivity index (χ0n) is 16.5. The minimum atomic E-state index is -0.160. The van der Waals surface area contributed by atoms with E-state index in [2.05, 4.69) is 15.5 Å². The molecule has 2 aromatic carbocycles. The highest BCUT2D eigenvalue weighted by atomic mass is 35.5. The Bertz CT molecular complexity index is 1210. The largest absolute Gasteiger partial charge is 0.467 e. The third kappa shape index (κ3) is 5.31. The third-order valence-corrected chi connectivity index (χ3v) is 5.94. The van der Waals surface area contributed by atoms with Crippen molar-refractivity contribution in [1.82, 2.24) is 14.8 Å². The molecule has 158 valence electrons. The van der Waals surface area contributed by atoms with E-state index in [1.54, 1.807) is 24.5 Å². The molecule has 0 spiro atoms. The normalized spacial score (nSPS) is 10.9. The standard InChI is InChI=1S/C22H18Cl2N4O2S/c1-14-7-8-17(24)11-19(14)25-20(29)13-31-22-27-26-21(15-4-2-5-16(23)10-15)28(22)12-18-6-3-9-30-18/h2-11H,12-13H2,1H3,(H,25,29). The highest BCUT2D eigenvalue weighted by Gasteiger charge is 2.17. The van der Waals surface area contributed by atoms with Gasteiger partial charge in [-0.3, -0.25) is 9.36 Å². The number of aromatic nitrogens is 3. The highest BCUT2D eigenvalue weighted by molar-refractivity contribution is 7.99. The Balaban J connectivity index is 1.54. The van der Waals surface area contributed by atoms with Crippen molar-refractivity contribution in [3.63, 3.8) is 0 Å². The van der Waals surface area contributed by atoms with E-state index in [-0.39, 0.29) is 11.7 Å². The van der Waals surface area contributed by atoms with Crippen molar-refractivity contribution in [2.24, 2.45) is 0 Å². The van der Waals surface area contributed by atoms with Crippen LogP contribution in [0.1, 0.15) is 11.3 Å². The summed E-state index contributed by atoms with van der Waals surface area (Å²) in [7, 11) is 0. The van der Waals surface area contributed by atoms with Crippen molar-refractivity contribution in [2.75, 3.05) is 11.1 Å². The second-order valence-corrected chi connectivity index (χ2v) is 8.59. The predicted molar refractivity (Wildman–Crippen MR) is 124 cm³/mol. The van der Waals surface area contributed by atoms with Crippen LogP contribution in [0.5, 0.6) is 0 Å². The first kappa shape index (κ1) is 21.5. The summed E-state index contributed by atoms with van der Waals surface area (Å²) in [6, 6.07) is 16.5. The Morgan fingerprint density at radius 3 is 2.71 bits per heavy atom. The first-order chi connectivity index (χ1) is 15.0. The quantitative estimate of drug-likeness (QED) is 0.337. The van der Waals surface area contributed by atoms with Crippen molar-refractivity contribution in [3.05, 3.63) is 82.2 Å². The summed E-state index contributed by atoms with van der Waals surface area (Å²) < 4.78 is 7.41. The van der Waals surface area contributed by atoms with Crippen LogP contribution >= 0.6 is 35.0 Å². The Morgan fingerprint density at radius 1 is 1.10 bits per heavy atom. The molecule has 4 aromatic rings. The van der Waals surface area contributed by atoms with E-state index in [0.29, 0.717) is 33.3 Å². The molecule has 4 rings (SSSR count). The minimum Gasteiger partial charge on any atom is -0.467 e. The lowest BCUT2D eigenvalue weighted by Crippen LogP contribution is -2.15. The third-order valence-electron chi connectivity index (χ3n) is 4.50. The van der Waals surface area contributed by atoms with E-state index < -0.39 is 0 Å². The minimum absolute atomic E-state index is 0.160. The van der Waals surface area contributed by atoms with Gasteiger partial charge in [-0.15, -0.1) is 10.2 Å². The van der Waals surface area contributed by atoms with E-state index in [9.17, 15) is 4.79 Å². The van der Waals surface area contributed by atoms with Crippen LogP contribution in [0.3, 0.4) is 0 Å². The van der Waals surface area contributed by atoms with Crippen molar-refractivity contribution < 1.29 is 9.21 Å². The van der Waals surface area contributed by atoms with E-state index in [4.69, 9.17) is 27.6 Å². The molecule has 1 N–H and O–H groups in total. The van der Waals surface area contributed by atoms with Gasteiger partial charge in [0.15, 0.2) is 11.0 Å². The molecule has 31 heavy (non-hydrogen) atoms. The average Bonchev–Trinajstić information content (AvgIpc) is 3.40. The van der Waals surface area contributed by atoms with E-state index in [0.717, 1.165) is 16.9 Å². The van der Waals surface area contributed by atoms with Crippen LogP contribution < -0.4 is 5.32 Å². The molecule has 2 aromatic heterocycles. The van der Waals surface area contributed by atoms with Gasteiger partial charge in [0, 0.05) is 21.3 Å². The van der Waals surface area contributed by atoms with Gasteiger partial charge in [-0.05, 0) is 48.9 Å². The van der Waals surface area contributed by atoms with E-state index in [1.165, 1.54) is 11.8 Å². The lowest BCUT2D eigenvalue weighted by atomic mass is 10.2. The summed E-state index contributed by atoms with van der Waals surface area (Å²) in [6.07, 6.45) is 1.62. The monoisotopic (exact) mass is 472 g/mol. The molecule has 0 aliphatic carbocycles. The molecule has 0 atom stereocenters. The second-order valence-electron chi connectivity index (χ2n) is 6.78. The van der Waals surface area contributed by atoms with Gasteiger partial charge in [0.05, 0.1) is 18.6 Å². The topological polar surface area (TPSA) is 73.0 Å². The van der Waals surface area contributed by atoms with Crippen LogP contribution in [-0.4, -0.2) is 26.4 Å². The van der Waals surface area contributed by atoms with Gasteiger partial charge in [0.2, 0.25) is 5.91 Å². The van der Waals surface area contributed by atoms with Crippen LogP contribution in [0.15, 0.2) is 70.4 Å². The number of anilines is 1. The summed E-state index contributed by atoms with van der Waals surface area (Å²) in [5, 5.41) is 13.3. The number of benzene rings is 2. The van der Waals surface area contributed by atoms with Crippen LogP contribution in [-0.2, 0) is 11.3 Å². The summed E-state index contributed by atoms with van der Waals surface area (Å²) in [5.74, 6) is 1.40. The van der Waals surface area contributed by atoms with Crippen LogP contribution in [0.4, 0.5) is 5.69 Å². The maximum atomic E-state index is 12.5. The molecule has 0 aliphatic rings. The molecular formula is C22H18Cl2N4O2S. The number of hydrogen-bond donors (Lipinski definition) is 1. The summed E-state index contributed by atoms with van der Waals surface area (Å²) in [4.78, 5) is 12.5. The maximum Gasteiger partial charge on any atom is 0.234 e. The predicted octanol–water partition coefficient (Wildman–Crippen LogP) is 5.93. The number of rotatable bonds is 7. The Labute approximate surface area is 193 Å². The first-order valence-corrected chi connectivity index (χ1v) is 11.1. The van der Waals surface area contributed by atoms with Gasteiger partial charge in [-0.25, -0.2) is 0 Å². The zero-order valence-corrected chi connectivity index (χ0v) is 18.8. The molecule has 1 amide bonds. The van der Waals surface area contributed by atoms with Gasteiger partial charge >= 0.3 is 0 Å². The fraction of sp³-hybridized carbons (Fsp3) is 0.136. The Morgan fingerprint density at radius 2 is 1.94 bits per heavy atom. The maximum absolute atomic E-state index is 12.5. The second kappa shape index (κ2) is 9.60. The van der Waals surface area contributed by atoms with Crippen molar-refractivity contribution in [1.29, 1.82) is 0 Å². The molecule has 0 saturated heterocycles. The Hall–Kier alpha value is -2.74. The summed E-state index contributed by atoms with van der Waals surface area (Å²) in [5.41, 5.74) is 2.46. The molecule has 0 saturated carbocycles. The fourth-order valence-corrected chi connectivity index (χ4v) is 4.08. The first-order valence-electron chi connectivity index (χ1n) is 9.40. The lowest BCUT2D eigenvalue weighted by molar-refractivity contribution is -0.113. The van der Waals surface area contributed by atoms with Crippen molar-refractivity contribution in [3.8, 4) is 11.4 Å². The van der Waals surface area contributed by atoms with E-state index in [1.807, 2.05) is 47.9 Å². The molecule has 2 heterocycles. The Kier molecular flexibility index (Phi) is 6.65.